The van der Waals surface area contributed by atoms with Crippen LogP contribution in [0, 0.1) is 0 Å². The summed E-state index contributed by atoms with van der Waals surface area (Å²) in [5.74, 6) is -0.693. The first-order valence-electron chi connectivity index (χ1n) is 12.0. The summed E-state index contributed by atoms with van der Waals surface area (Å²) < 4.78 is 37.8. The molecule has 1 rings (SSSR count). The predicted molar refractivity (Wildman–Crippen MR) is 147 cm³/mol. The summed E-state index contributed by atoms with van der Waals surface area (Å²) in [7, 11) is -5.95. The highest BCUT2D eigenvalue weighted by molar-refractivity contribution is 9.10. The Morgan fingerprint density at radius 2 is 1.57 bits per heavy atom. The highest BCUT2D eigenvalue weighted by Crippen LogP contribution is 2.54. The van der Waals surface area contributed by atoms with E-state index in [1.54, 1.807) is 39.8 Å². The lowest BCUT2D eigenvalue weighted by atomic mass is 9.78. The molecule has 0 fully saturated rings. The molecule has 202 valence electrons. The van der Waals surface area contributed by atoms with Gasteiger partial charge in [-0.2, -0.15) is 0 Å². The van der Waals surface area contributed by atoms with Gasteiger partial charge < -0.3 is 14.1 Å². The maximum atomic E-state index is 13.6. The van der Waals surface area contributed by atoms with Crippen molar-refractivity contribution < 1.29 is 32.5 Å². The van der Waals surface area contributed by atoms with Crippen molar-refractivity contribution in [1.29, 1.82) is 0 Å². The molecule has 0 radical (unpaired) electrons. The number of rotatable bonds is 13. The topological polar surface area (TPSA) is 91.3 Å². The molecule has 0 aliphatic carbocycles. The molecule has 1 aromatic rings. The molecule has 0 atom stereocenters. The van der Waals surface area contributed by atoms with Crippen molar-refractivity contribution in [3.05, 3.63) is 27.7 Å². The van der Waals surface area contributed by atoms with E-state index in [1.165, 1.54) is 0 Å². The zero-order valence-corrected chi connectivity index (χ0v) is 26.6. The Morgan fingerprint density at radius 1 is 1.06 bits per heavy atom. The molecule has 0 aliphatic heterocycles. The normalized spacial score (nSPS) is 13.5. The van der Waals surface area contributed by atoms with E-state index in [4.69, 9.17) is 18.0 Å². The van der Waals surface area contributed by atoms with Crippen LogP contribution < -0.4 is 4.52 Å². The molecule has 0 unspecified atom stereocenters. The second-order valence-corrected chi connectivity index (χ2v) is 18.8. The fourth-order valence-electron chi connectivity index (χ4n) is 3.39. The lowest BCUT2D eigenvalue weighted by Gasteiger charge is -2.38. The van der Waals surface area contributed by atoms with Gasteiger partial charge in [-0.05, 0) is 75.4 Å². The molecule has 10 heteroatoms. The molecule has 0 saturated heterocycles. The van der Waals surface area contributed by atoms with Gasteiger partial charge in [0.1, 0.15) is 5.75 Å². The van der Waals surface area contributed by atoms with E-state index >= 15 is 0 Å². The van der Waals surface area contributed by atoms with Gasteiger partial charge in [-0.3, -0.25) is 13.8 Å². The highest BCUT2D eigenvalue weighted by atomic mass is 79.9. The fourth-order valence-corrected chi connectivity index (χ4v) is 6.47. The lowest BCUT2D eigenvalue weighted by Crippen LogP contribution is -2.41. The summed E-state index contributed by atoms with van der Waals surface area (Å²) in [4.78, 5) is 11.7. The third-order valence-electron chi connectivity index (χ3n) is 6.05. The third-order valence-corrected chi connectivity index (χ3v) is 12.8. The van der Waals surface area contributed by atoms with Crippen LogP contribution in [0.15, 0.2) is 16.6 Å². The monoisotopic (exact) mass is 594 g/mol. The maximum Gasteiger partial charge on any atom is 0.530 e. The zero-order chi connectivity index (χ0) is 27.4. The minimum Gasteiger partial charge on any atom is -0.481 e. The molecule has 0 saturated carbocycles. The van der Waals surface area contributed by atoms with Gasteiger partial charge in [0.2, 0.25) is 0 Å². The minimum atomic E-state index is -3.99. The Hall–Kier alpha value is -0.703. The first kappa shape index (κ1) is 32.3. The molecule has 7 nitrogen and oxygen atoms in total. The number of phosphoric ester groups is 1. The molecular weight excluding hydrogens is 551 g/mol. The molecule has 0 amide bonds. The average molecular weight is 596 g/mol. The van der Waals surface area contributed by atoms with E-state index in [9.17, 15) is 14.5 Å². The number of halogens is 1. The molecule has 35 heavy (non-hydrogen) atoms. The first-order valence-corrected chi connectivity index (χ1v) is 17.2. The van der Waals surface area contributed by atoms with Crippen LogP contribution in [-0.4, -0.2) is 38.2 Å². The van der Waals surface area contributed by atoms with Crippen molar-refractivity contribution >= 4 is 38.0 Å². The van der Waals surface area contributed by atoms with Gasteiger partial charge in [0.05, 0.1) is 18.6 Å². The number of carboxylic acids is 1. The van der Waals surface area contributed by atoms with Crippen LogP contribution in [0.1, 0.15) is 79.9 Å². The van der Waals surface area contributed by atoms with E-state index < -0.39 is 39.7 Å². The summed E-state index contributed by atoms with van der Waals surface area (Å²) in [5, 5.41) is 9.68. The van der Waals surface area contributed by atoms with Gasteiger partial charge in [-0.1, -0.05) is 50.5 Å². The van der Waals surface area contributed by atoms with Gasteiger partial charge in [-0.25, -0.2) is 4.57 Å². The van der Waals surface area contributed by atoms with E-state index in [-0.39, 0.29) is 17.2 Å². The van der Waals surface area contributed by atoms with Crippen LogP contribution in [0.25, 0.3) is 0 Å². The molecule has 1 aromatic carbocycles. The van der Waals surface area contributed by atoms with E-state index in [2.05, 4.69) is 49.8 Å². The summed E-state index contributed by atoms with van der Waals surface area (Å²) in [6.45, 7) is 22.5. The van der Waals surface area contributed by atoms with E-state index in [1.807, 2.05) is 13.8 Å². The summed E-state index contributed by atoms with van der Waals surface area (Å²) in [5.41, 5.74) is 0.672. The molecule has 0 spiro atoms. The average Bonchev–Trinajstić information content (AvgIpc) is 2.56. The largest absolute Gasteiger partial charge is 0.530 e. The van der Waals surface area contributed by atoms with Crippen LogP contribution in [0.5, 0.6) is 5.75 Å². The molecular formula is C25H44BrO7PSi. The van der Waals surface area contributed by atoms with Crippen LogP contribution in [0.3, 0.4) is 0 Å². The number of hydrogen-bond donors (Lipinski definition) is 1. The fraction of sp³-hybridized carbons (Fsp3) is 0.720. The molecule has 0 heterocycles. The van der Waals surface area contributed by atoms with Gasteiger partial charge in [-0.15, -0.1) is 0 Å². The number of benzene rings is 1. The Kier molecular flexibility index (Phi) is 11.3. The molecule has 1 N–H and O–H groups in total. The number of hydrogen-bond acceptors (Lipinski definition) is 6. The van der Waals surface area contributed by atoms with Crippen molar-refractivity contribution in [3.63, 3.8) is 0 Å². The third kappa shape index (κ3) is 9.93. The van der Waals surface area contributed by atoms with Crippen molar-refractivity contribution in [2.24, 2.45) is 0 Å². The van der Waals surface area contributed by atoms with Crippen LogP contribution in [0.4, 0.5) is 0 Å². The van der Waals surface area contributed by atoms with Crippen LogP contribution in [0.2, 0.25) is 18.1 Å². The van der Waals surface area contributed by atoms with Crippen molar-refractivity contribution in [3.8, 4) is 5.75 Å². The van der Waals surface area contributed by atoms with Crippen molar-refractivity contribution in [2.75, 3.05) is 6.61 Å². The highest BCUT2D eigenvalue weighted by Gasteiger charge is 2.39. The number of aliphatic carboxylic acids is 1. The van der Waals surface area contributed by atoms with Gasteiger partial charge in [0.25, 0.3) is 0 Å². The Bertz CT molecular complexity index is 909. The number of phosphoric acid groups is 1. The molecule has 0 aliphatic rings. The quantitative estimate of drug-likeness (QED) is 0.182. The Labute approximate surface area is 221 Å². The smallest absolute Gasteiger partial charge is 0.481 e. The first-order chi connectivity index (χ1) is 15.7. The van der Waals surface area contributed by atoms with Gasteiger partial charge in [0.15, 0.2) is 8.32 Å². The zero-order valence-electron chi connectivity index (χ0n) is 23.2. The van der Waals surface area contributed by atoms with Crippen molar-refractivity contribution in [1.82, 2.24) is 0 Å². The van der Waals surface area contributed by atoms with E-state index in [0.717, 1.165) is 0 Å². The standard InChI is InChI=1S/C25H44BrO7PSi/c1-17(2)31-34(29,32-18(3)4)33-21-16-20(26)14-19(15-22(27)28)23(21)25(8,9)12-13-30-35(10,11)24(5,6)7/h14,16-18H,12-13,15H2,1-11H3,(H,27,28). The molecule has 0 bridgehead atoms. The lowest BCUT2D eigenvalue weighted by molar-refractivity contribution is -0.136. The van der Waals surface area contributed by atoms with Crippen molar-refractivity contribution in [2.45, 2.75) is 111 Å². The second kappa shape index (κ2) is 12.2. The Balaban J connectivity index is 3.52. The second-order valence-electron chi connectivity index (χ2n) is 11.6. The maximum absolute atomic E-state index is 13.6. The summed E-state index contributed by atoms with van der Waals surface area (Å²) >= 11 is 3.45. The Morgan fingerprint density at radius 3 is 2.00 bits per heavy atom. The minimum absolute atomic E-state index is 0.0759. The van der Waals surface area contributed by atoms with Crippen LogP contribution in [-0.2, 0) is 34.7 Å². The molecule has 0 aromatic heterocycles. The summed E-state index contributed by atoms with van der Waals surface area (Å²) in [6, 6.07) is 3.46. The SMILES string of the molecule is CC(C)OP(=O)(Oc1cc(Br)cc(CC(=O)O)c1C(C)(C)CCO[Si](C)(C)C(C)(C)C)OC(C)C. The number of carboxylic acid groups (broad SMARTS) is 1. The van der Waals surface area contributed by atoms with Gasteiger partial charge >= 0.3 is 13.8 Å². The van der Waals surface area contributed by atoms with Crippen LogP contribution >= 0.6 is 23.8 Å². The predicted octanol–water partition coefficient (Wildman–Crippen LogP) is 8.10. The summed E-state index contributed by atoms with van der Waals surface area (Å²) in [6.07, 6.45) is -0.401. The number of carbonyl (C=O) groups is 1. The van der Waals surface area contributed by atoms with E-state index in [0.29, 0.717) is 28.6 Å². The van der Waals surface area contributed by atoms with Gasteiger partial charge in [0, 0.05) is 16.6 Å².